The second-order valence-corrected chi connectivity index (χ2v) is 4.66. The molecule has 2 aromatic rings. The van der Waals surface area contributed by atoms with Crippen LogP contribution in [-0.2, 0) is 0 Å². The van der Waals surface area contributed by atoms with Crippen LogP contribution in [0.15, 0.2) is 42.5 Å². The zero-order valence-corrected chi connectivity index (χ0v) is 11.5. The summed E-state index contributed by atoms with van der Waals surface area (Å²) in [5, 5.41) is 22.1. The maximum atomic E-state index is 9.41. The molecule has 3 heteroatoms. The molecule has 0 radical (unpaired) electrons. The van der Waals surface area contributed by atoms with Gasteiger partial charge in [0.1, 0.15) is 11.5 Å². The van der Waals surface area contributed by atoms with E-state index in [-0.39, 0.29) is 11.5 Å². The Kier molecular flexibility index (Phi) is 4.66. The molecule has 3 nitrogen and oxygen atoms in total. The molecule has 0 unspecified atom stereocenters. The zero-order valence-electron chi connectivity index (χ0n) is 11.5. The van der Waals surface area contributed by atoms with Gasteiger partial charge in [0.05, 0.1) is 0 Å². The molecule has 0 heterocycles. The monoisotopic (exact) mass is 269 g/mol. The fraction of sp³-hybridized carbons (Fsp3) is 0.176. The Balaban J connectivity index is 2.07. The van der Waals surface area contributed by atoms with Crippen LogP contribution in [0.1, 0.15) is 24.5 Å². The Labute approximate surface area is 119 Å². The molecule has 2 aromatic carbocycles. The lowest BCUT2D eigenvalue weighted by atomic mass is 10.1. The Hall–Kier alpha value is -2.42. The minimum atomic E-state index is 0.0590. The van der Waals surface area contributed by atoms with Gasteiger partial charge in [-0.15, -0.1) is 0 Å². The second kappa shape index (κ2) is 6.66. The van der Waals surface area contributed by atoms with Gasteiger partial charge in [0.15, 0.2) is 0 Å². The van der Waals surface area contributed by atoms with Crippen LogP contribution in [0.4, 0.5) is 5.69 Å². The zero-order chi connectivity index (χ0) is 14.4. The van der Waals surface area contributed by atoms with Crippen LogP contribution in [0.25, 0.3) is 12.2 Å². The molecule has 0 fully saturated rings. The van der Waals surface area contributed by atoms with Crippen LogP contribution in [-0.4, -0.2) is 16.8 Å². The number of aromatic hydroxyl groups is 2. The first-order chi connectivity index (χ1) is 9.67. The summed E-state index contributed by atoms with van der Waals surface area (Å²) in [5.74, 6) is 0.118. The normalized spacial score (nSPS) is 10.8. The average molecular weight is 269 g/mol. The number of phenolic OH excluding ortho intramolecular Hbond substituents is 2. The van der Waals surface area contributed by atoms with Gasteiger partial charge in [-0.25, -0.2) is 0 Å². The summed E-state index contributed by atoms with van der Waals surface area (Å²) in [6, 6.07) is 12.6. The lowest BCUT2D eigenvalue weighted by Crippen LogP contribution is -1.98. The van der Waals surface area contributed by atoms with Gasteiger partial charge in [0.25, 0.3) is 0 Å². The molecule has 0 aromatic heterocycles. The number of rotatable bonds is 5. The van der Waals surface area contributed by atoms with Gasteiger partial charge in [0, 0.05) is 18.3 Å². The quantitative estimate of drug-likeness (QED) is 0.716. The predicted molar refractivity (Wildman–Crippen MR) is 83.9 cm³/mol. The first-order valence-electron chi connectivity index (χ1n) is 6.72. The van der Waals surface area contributed by atoms with Gasteiger partial charge in [0.2, 0.25) is 0 Å². The summed E-state index contributed by atoms with van der Waals surface area (Å²) < 4.78 is 0. The van der Waals surface area contributed by atoms with Crippen molar-refractivity contribution in [1.82, 2.24) is 0 Å². The van der Waals surface area contributed by atoms with Gasteiger partial charge < -0.3 is 15.5 Å². The third-order valence-corrected chi connectivity index (χ3v) is 2.88. The number of phenols is 2. The van der Waals surface area contributed by atoms with Crippen LogP contribution in [0.5, 0.6) is 11.5 Å². The maximum absolute atomic E-state index is 9.41. The second-order valence-electron chi connectivity index (χ2n) is 4.66. The highest BCUT2D eigenvalue weighted by Gasteiger charge is 1.96. The molecule has 0 spiro atoms. The van der Waals surface area contributed by atoms with E-state index in [1.165, 1.54) is 6.07 Å². The summed E-state index contributed by atoms with van der Waals surface area (Å²) in [6.45, 7) is 3.10. The standard InChI is InChI=1S/C17H19NO2/c1-2-9-18-15-7-5-13(6-8-15)3-4-14-10-16(19)12-17(20)11-14/h3-8,10-12,18-20H,2,9H2,1H3/b4-3+. The number of hydrogen-bond acceptors (Lipinski definition) is 3. The SMILES string of the molecule is CCCNc1ccc(/C=C/c2cc(O)cc(O)c2)cc1. The van der Waals surface area contributed by atoms with Gasteiger partial charge in [-0.1, -0.05) is 31.2 Å². The summed E-state index contributed by atoms with van der Waals surface area (Å²) in [4.78, 5) is 0. The Morgan fingerprint density at radius 2 is 1.50 bits per heavy atom. The van der Waals surface area contributed by atoms with E-state index in [9.17, 15) is 10.2 Å². The van der Waals surface area contributed by atoms with Gasteiger partial charge in [-0.2, -0.15) is 0 Å². The van der Waals surface area contributed by atoms with Crippen LogP contribution in [0.2, 0.25) is 0 Å². The van der Waals surface area contributed by atoms with Crippen molar-refractivity contribution < 1.29 is 10.2 Å². The molecule has 0 saturated carbocycles. The van der Waals surface area contributed by atoms with E-state index in [1.54, 1.807) is 12.1 Å². The summed E-state index contributed by atoms with van der Waals surface area (Å²) in [6.07, 6.45) is 4.90. The van der Waals surface area contributed by atoms with Gasteiger partial charge in [-0.3, -0.25) is 0 Å². The molecule has 0 saturated heterocycles. The van der Waals surface area contributed by atoms with E-state index in [0.29, 0.717) is 0 Å². The smallest absolute Gasteiger partial charge is 0.119 e. The largest absolute Gasteiger partial charge is 0.508 e. The first kappa shape index (κ1) is 14.0. The molecule has 0 aliphatic rings. The van der Waals surface area contributed by atoms with Crippen LogP contribution in [0.3, 0.4) is 0 Å². The van der Waals surface area contributed by atoms with E-state index in [0.717, 1.165) is 29.8 Å². The van der Waals surface area contributed by atoms with E-state index in [4.69, 9.17) is 0 Å². The highest BCUT2D eigenvalue weighted by molar-refractivity contribution is 5.71. The number of hydrogen-bond donors (Lipinski definition) is 3. The van der Waals surface area contributed by atoms with Gasteiger partial charge in [-0.05, 0) is 41.8 Å². The molecular formula is C17H19NO2. The van der Waals surface area contributed by atoms with Crippen molar-refractivity contribution in [1.29, 1.82) is 0 Å². The molecule has 0 amide bonds. The van der Waals surface area contributed by atoms with Crippen molar-refractivity contribution >= 4 is 17.8 Å². The van der Waals surface area contributed by atoms with E-state index >= 15 is 0 Å². The topological polar surface area (TPSA) is 52.5 Å². The Morgan fingerprint density at radius 1 is 0.900 bits per heavy atom. The summed E-state index contributed by atoms with van der Waals surface area (Å²) >= 11 is 0. The highest BCUT2D eigenvalue weighted by Crippen LogP contribution is 2.22. The highest BCUT2D eigenvalue weighted by atomic mass is 16.3. The third-order valence-electron chi connectivity index (χ3n) is 2.88. The van der Waals surface area contributed by atoms with Crippen LogP contribution in [0, 0.1) is 0 Å². The molecule has 3 N–H and O–H groups in total. The van der Waals surface area contributed by atoms with Gasteiger partial charge >= 0.3 is 0 Å². The van der Waals surface area contributed by atoms with Crippen molar-refractivity contribution in [3.8, 4) is 11.5 Å². The maximum Gasteiger partial charge on any atom is 0.119 e. The van der Waals surface area contributed by atoms with Crippen molar-refractivity contribution in [2.75, 3.05) is 11.9 Å². The molecule has 0 aliphatic heterocycles. The van der Waals surface area contributed by atoms with Crippen molar-refractivity contribution in [3.63, 3.8) is 0 Å². The molecule has 0 atom stereocenters. The average Bonchev–Trinajstić information content (AvgIpc) is 2.43. The number of anilines is 1. The van der Waals surface area contributed by atoms with Crippen molar-refractivity contribution in [2.24, 2.45) is 0 Å². The molecule has 0 aliphatic carbocycles. The van der Waals surface area contributed by atoms with Crippen LogP contribution < -0.4 is 5.32 Å². The van der Waals surface area contributed by atoms with E-state index in [1.807, 2.05) is 36.4 Å². The number of nitrogens with one attached hydrogen (secondary N) is 1. The fourth-order valence-corrected chi connectivity index (χ4v) is 1.89. The predicted octanol–water partition coefficient (Wildman–Crippen LogP) is 4.09. The third kappa shape index (κ3) is 4.05. The molecule has 20 heavy (non-hydrogen) atoms. The minimum Gasteiger partial charge on any atom is -0.508 e. The molecule has 2 rings (SSSR count). The van der Waals surface area contributed by atoms with E-state index in [2.05, 4.69) is 12.2 Å². The minimum absolute atomic E-state index is 0.0590. The molecular weight excluding hydrogens is 250 g/mol. The van der Waals surface area contributed by atoms with Crippen LogP contribution >= 0.6 is 0 Å². The molecule has 104 valence electrons. The van der Waals surface area contributed by atoms with Crippen molar-refractivity contribution in [2.45, 2.75) is 13.3 Å². The lowest BCUT2D eigenvalue weighted by Gasteiger charge is -2.04. The lowest BCUT2D eigenvalue weighted by molar-refractivity contribution is 0.450. The van der Waals surface area contributed by atoms with E-state index < -0.39 is 0 Å². The summed E-state index contributed by atoms with van der Waals surface area (Å²) in [5.41, 5.74) is 2.93. The summed E-state index contributed by atoms with van der Waals surface area (Å²) in [7, 11) is 0. The molecule has 0 bridgehead atoms. The van der Waals surface area contributed by atoms with Crippen molar-refractivity contribution in [3.05, 3.63) is 53.6 Å². The fourth-order valence-electron chi connectivity index (χ4n) is 1.89. The number of benzene rings is 2. The Morgan fingerprint density at radius 3 is 2.10 bits per heavy atom. The first-order valence-corrected chi connectivity index (χ1v) is 6.72. The Bertz CT molecular complexity index is 568.